The average molecular weight is 284 g/mol. The average Bonchev–Trinajstić information content (AvgIpc) is 2.83. The Hall–Kier alpha value is -3.02. The molecule has 108 valence electrons. The fourth-order valence-corrected chi connectivity index (χ4v) is 2.03. The summed E-state index contributed by atoms with van der Waals surface area (Å²) < 4.78 is 0. The number of carbonyl (C=O) groups excluding carboxylic acids is 2. The minimum Gasteiger partial charge on any atom is -0.365 e. The van der Waals surface area contributed by atoms with Crippen molar-refractivity contribution >= 4 is 23.8 Å². The number of anilines is 1. The largest absolute Gasteiger partial charge is 0.365 e. The first kappa shape index (κ1) is 14.4. The number of aromatic amines is 1. The molecule has 6 nitrogen and oxygen atoms in total. The Morgan fingerprint density at radius 2 is 2.00 bits per heavy atom. The first-order valence-electron chi connectivity index (χ1n) is 6.33. The number of hydrogen-bond acceptors (Lipinski definition) is 2. The molecule has 6 heteroatoms. The molecule has 1 aromatic carbocycles. The number of nitrogens with one attached hydrogen (secondary N) is 2. The molecule has 3 amide bonds. The van der Waals surface area contributed by atoms with E-state index in [4.69, 9.17) is 11.5 Å². The van der Waals surface area contributed by atoms with Crippen molar-refractivity contribution in [2.24, 2.45) is 11.5 Å². The Morgan fingerprint density at radius 1 is 1.24 bits per heavy atom. The number of hydrogen-bond donors (Lipinski definition) is 4. The van der Waals surface area contributed by atoms with E-state index in [1.165, 1.54) is 0 Å². The van der Waals surface area contributed by atoms with E-state index in [1.54, 1.807) is 6.07 Å². The van der Waals surface area contributed by atoms with Crippen LogP contribution in [0.2, 0.25) is 0 Å². The monoisotopic (exact) mass is 284 g/mol. The Labute approximate surface area is 121 Å². The van der Waals surface area contributed by atoms with Gasteiger partial charge in [-0.3, -0.25) is 10.1 Å². The van der Waals surface area contributed by atoms with Crippen molar-refractivity contribution in [2.45, 2.75) is 6.92 Å². The number of urea groups is 1. The molecule has 0 aliphatic carbocycles. The van der Waals surface area contributed by atoms with Gasteiger partial charge in [-0.05, 0) is 30.2 Å². The smallest absolute Gasteiger partial charge is 0.317 e. The van der Waals surface area contributed by atoms with Crippen molar-refractivity contribution in [2.75, 3.05) is 5.32 Å². The van der Waals surface area contributed by atoms with Crippen LogP contribution in [-0.4, -0.2) is 16.9 Å². The van der Waals surface area contributed by atoms with Gasteiger partial charge >= 0.3 is 6.03 Å². The van der Waals surface area contributed by atoms with E-state index in [1.807, 2.05) is 43.3 Å². The third-order valence-electron chi connectivity index (χ3n) is 2.89. The van der Waals surface area contributed by atoms with Gasteiger partial charge < -0.3 is 16.5 Å². The normalized spacial score (nSPS) is 10.7. The predicted molar refractivity (Wildman–Crippen MR) is 82.7 cm³/mol. The van der Waals surface area contributed by atoms with Crippen LogP contribution in [0.3, 0.4) is 0 Å². The van der Waals surface area contributed by atoms with E-state index in [-0.39, 0.29) is 11.4 Å². The first-order chi connectivity index (χ1) is 10.0. The maximum atomic E-state index is 11.4. The lowest BCUT2D eigenvalue weighted by Crippen LogP contribution is -2.22. The molecule has 6 N–H and O–H groups in total. The van der Waals surface area contributed by atoms with Gasteiger partial charge in [0.2, 0.25) is 0 Å². The second-order valence-electron chi connectivity index (χ2n) is 4.45. The molecule has 21 heavy (non-hydrogen) atoms. The minimum absolute atomic E-state index is 0.181. The fourth-order valence-electron chi connectivity index (χ4n) is 2.03. The molecule has 2 aromatic rings. The molecule has 0 fully saturated rings. The van der Waals surface area contributed by atoms with Crippen molar-refractivity contribution in [3.8, 4) is 11.3 Å². The Balaban J connectivity index is 2.47. The third-order valence-corrected chi connectivity index (χ3v) is 2.89. The van der Waals surface area contributed by atoms with Gasteiger partial charge in [-0.15, -0.1) is 0 Å². The van der Waals surface area contributed by atoms with E-state index in [9.17, 15) is 9.59 Å². The van der Waals surface area contributed by atoms with E-state index < -0.39 is 11.9 Å². The van der Waals surface area contributed by atoms with Crippen LogP contribution in [0.1, 0.15) is 22.8 Å². The van der Waals surface area contributed by atoms with E-state index in [0.29, 0.717) is 5.69 Å². The lowest BCUT2D eigenvalue weighted by atomic mass is 10.1. The Morgan fingerprint density at radius 3 is 2.62 bits per heavy atom. The van der Waals surface area contributed by atoms with Gasteiger partial charge in [-0.2, -0.15) is 0 Å². The Kier molecular flexibility index (Phi) is 4.08. The SMILES string of the molecule is CC=Cc1cccc(-c2cc(C(N)=O)c(NC(N)=O)[nH]2)c1. The number of rotatable bonds is 4. The second-order valence-corrected chi connectivity index (χ2v) is 4.45. The maximum Gasteiger partial charge on any atom is 0.317 e. The van der Waals surface area contributed by atoms with Crippen LogP contribution in [0.5, 0.6) is 0 Å². The Bertz CT molecular complexity index is 716. The topological polar surface area (TPSA) is 114 Å². The van der Waals surface area contributed by atoms with Crippen LogP contribution in [0, 0.1) is 0 Å². The molecule has 1 heterocycles. The van der Waals surface area contributed by atoms with Gasteiger partial charge in [0, 0.05) is 5.69 Å². The van der Waals surface area contributed by atoms with Gasteiger partial charge in [-0.25, -0.2) is 4.79 Å². The molecule has 0 unspecified atom stereocenters. The highest BCUT2D eigenvalue weighted by Crippen LogP contribution is 2.26. The molecule has 2 rings (SSSR count). The summed E-state index contributed by atoms with van der Waals surface area (Å²) in [5.74, 6) is -0.452. The van der Waals surface area contributed by atoms with Crippen LogP contribution < -0.4 is 16.8 Å². The van der Waals surface area contributed by atoms with Crippen LogP contribution in [0.25, 0.3) is 17.3 Å². The maximum absolute atomic E-state index is 11.4. The minimum atomic E-state index is -0.770. The second kappa shape index (κ2) is 5.96. The molecule has 0 saturated carbocycles. The highest BCUT2D eigenvalue weighted by atomic mass is 16.2. The van der Waals surface area contributed by atoms with Crippen molar-refractivity contribution < 1.29 is 9.59 Å². The summed E-state index contributed by atoms with van der Waals surface area (Å²) in [6.45, 7) is 1.93. The number of H-pyrrole nitrogens is 1. The summed E-state index contributed by atoms with van der Waals surface area (Å²) >= 11 is 0. The van der Waals surface area contributed by atoms with Crippen molar-refractivity contribution in [3.05, 3.63) is 47.5 Å². The summed E-state index contributed by atoms with van der Waals surface area (Å²) in [6.07, 6.45) is 3.90. The van der Waals surface area contributed by atoms with Gasteiger partial charge in [0.25, 0.3) is 5.91 Å². The molecule has 0 aliphatic heterocycles. The quantitative estimate of drug-likeness (QED) is 0.690. The molecular weight excluding hydrogens is 268 g/mol. The van der Waals surface area contributed by atoms with Gasteiger partial charge in [0.05, 0.1) is 5.56 Å². The number of allylic oxidation sites excluding steroid dienone is 1. The predicted octanol–water partition coefficient (Wildman–Crippen LogP) is 2.30. The molecule has 0 saturated heterocycles. The van der Waals surface area contributed by atoms with E-state index in [2.05, 4.69) is 10.3 Å². The molecule has 0 aliphatic rings. The van der Waals surface area contributed by atoms with Crippen LogP contribution >= 0.6 is 0 Å². The zero-order valence-electron chi connectivity index (χ0n) is 11.5. The van der Waals surface area contributed by atoms with Gasteiger partial charge in [-0.1, -0.05) is 30.4 Å². The lowest BCUT2D eigenvalue weighted by molar-refractivity contribution is 0.100. The van der Waals surface area contributed by atoms with E-state index in [0.717, 1.165) is 11.1 Å². The molecule has 1 aromatic heterocycles. The number of primary amides is 2. The van der Waals surface area contributed by atoms with Crippen LogP contribution in [0.4, 0.5) is 10.6 Å². The highest BCUT2D eigenvalue weighted by molar-refractivity contribution is 6.03. The molecule has 0 atom stereocenters. The van der Waals surface area contributed by atoms with E-state index >= 15 is 0 Å². The number of aromatic nitrogens is 1. The van der Waals surface area contributed by atoms with Gasteiger partial charge in [0.15, 0.2) is 0 Å². The number of amides is 3. The summed E-state index contributed by atoms with van der Waals surface area (Å²) in [5, 5.41) is 2.35. The van der Waals surface area contributed by atoms with Crippen molar-refractivity contribution in [1.82, 2.24) is 4.98 Å². The zero-order chi connectivity index (χ0) is 15.4. The molecule has 0 radical (unpaired) electrons. The summed E-state index contributed by atoms with van der Waals surface area (Å²) in [4.78, 5) is 25.3. The third kappa shape index (κ3) is 3.30. The molecule has 0 spiro atoms. The van der Waals surface area contributed by atoms with Crippen molar-refractivity contribution in [3.63, 3.8) is 0 Å². The summed E-state index contributed by atoms with van der Waals surface area (Å²) in [7, 11) is 0. The van der Waals surface area contributed by atoms with Crippen LogP contribution in [-0.2, 0) is 0 Å². The van der Waals surface area contributed by atoms with Crippen LogP contribution in [0.15, 0.2) is 36.4 Å². The van der Waals surface area contributed by atoms with Gasteiger partial charge in [0.1, 0.15) is 5.82 Å². The summed E-state index contributed by atoms with van der Waals surface area (Å²) in [5.41, 5.74) is 13.1. The zero-order valence-corrected chi connectivity index (χ0v) is 11.5. The summed E-state index contributed by atoms with van der Waals surface area (Å²) in [6, 6.07) is 8.51. The fraction of sp³-hybridized carbons (Fsp3) is 0.0667. The number of benzene rings is 1. The number of nitrogens with two attached hydrogens (primary N) is 2. The lowest BCUT2D eigenvalue weighted by Gasteiger charge is -2.01. The first-order valence-corrected chi connectivity index (χ1v) is 6.33. The highest BCUT2D eigenvalue weighted by Gasteiger charge is 2.15. The standard InChI is InChI=1S/C15H16N4O2/c1-2-4-9-5-3-6-10(7-9)12-8-11(13(16)20)14(18-12)19-15(17)21/h2-8,18H,1H3,(H2,16,20)(H3,17,19,21). The van der Waals surface area contributed by atoms with Crippen molar-refractivity contribution in [1.29, 1.82) is 0 Å². The number of carbonyl (C=O) groups is 2. The molecule has 0 bridgehead atoms. The molecular formula is C15H16N4O2.